The van der Waals surface area contributed by atoms with Gasteiger partial charge in [0.05, 0.1) is 22.4 Å². The fourth-order valence-corrected chi connectivity index (χ4v) is 4.18. The number of rotatable bonds is 4. The molecule has 4 rings (SSSR count). The number of H-pyrrole nitrogens is 1. The van der Waals surface area contributed by atoms with Gasteiger partial charge in [0, 0.05) is 46.1 Å². The smallest absolute Gasteiger partial charge is 0.141 e. The van der Waals surface area contributed by atoms with Crippen LogP contribution in [-0.2, 0) is 7.05 Å². The third-order valence-electron chi connectivity index (χ3n) is 6.00. The molecule has 0 bridgehead atoms. The maximum Gasteiger partial charge on any atom is 0.141 e. The van der Waals surface area contributed by atoms with Crippen molar-refractivity contribution >= 4 is 11.0 Å². The summed E-state index contributed by atoms with van der Waals surface area (Å²) in [6, 6.07) is 4.29. The molecular formula is C38H42N10O2. The van der Waals surface area contributed by atoms with Gasteiger partial charge >= 0.3 is 0 Å². The van der Waals surface area contributed by atoms with E-state index in [0.29, 0.717) is 0 Å². The molecule has 0 spiro atoms. The van der Waals surface area contributed by atoms with Gasteiger partial charge in [0.15, 0.2) is 0 Å². The third-order valence-corrected chi connectivity index (χ3v) is 6.00. The molecule has 0 aliphatic heterocycles. The van der Waals surface area contributed by atoms with Crippen LogP contribution in [0.25, 0.3) is 33.3 Å². The molecule has 12 heteroatoms. The van der Waals surface area contributed by atoms with Crippen LogP contribution in [-0.4, -0.2) is 24.9 Å². The Labute approximate surface area is 302 Å². The van der Waals surface area contributed by atoms with Gasteiger partial charge in [-0.15, -0.1) is 11.3 Å². The quantitative estimate of drug-likeness (QED) is 0.0976. The van der Waals surface area contributed by atoms with Crippen molar-refractivity contribution in [2.24, 2.45) is 28.0 Å². The fourth-order valence-electron chi connectivity index (χ4n) is 4.18. The molecule has 2 N–H and O–H groups in total. The molecule has 3 aromatic heterocycles. The van der Waals surface area contributed by atoms with Crippen molar-refractivity contribution < 1.29 is 15.9 Å². The summed E-state index contributed by atoms with van der Waals surface area (Å²) in [4.78, 5) is 17.0. The normalized spacial score (nSPS) is 8.28. The van der Waals surface area contributed by atoms with Crippen LogP contribution in [0.15, 0.2) is 37.6 Å². The van der Waals surface area contributed by atoms with Crippen LogP contribution in [0, 0.1) is 152 Å². The summed E-state index contributed by atoms with van der Waals surface area (Å²) in [5.41, 5.74) is 15.2. The molecule has 0 atom stereocenters. The Morgan fingerprint density at radius 2 is 1.38 bits per heavy atom. The Morgan fingerprint density at radius 3 is 1.80 bits per heavy atom. The number of terminal acetylenes is 1. The summed E-state index contributed by atoms with van der Waals surface area (Å²) in [7, 11) is 1.97. The Morgan fingerprint density at radius 1 is 0.820 bits per heavy atom. The van der Waals surface area contributed by atoms with Crippen LogP contribution < -0.4 is 0 Å². The van der Waals surface area contributed by atoms with Crippen LogP contribution in [0.4, 0.5) is 0 Å². The van der Waals surface area contributed by atoms with Crippen LogP contribution >= 0.6 is 0 Å². The van der Waals surface area contributed by atoms with Crippen molar-refractivity contribution in [3.63, 3.8) is 0 Å². The van der Waals surface area contributed by atoms with Gasteiger partial charge in [0.25, 0.3) is 0 Å². The molecule has 0 aliphatic carbocycles. The van der Waals surface area contributed by atoms with Crippen molar-refractivity contribution in [1.82, 2.24) is 24.9 Å². The first kappa shape index (κ1) is 38.1. The summed E-state index contributed by atoms with van der Waals surface area (Å²) < 4.78 is 7.29. The van der Waals surface area contributed by atoms with Crippen molar-refractivity contribution in [2.75, 3.05) is 0 Å². The molecule has 0 fully saturated rings. The first-order valence-corrected chi connectivity index (χ1v) is 14.1. The number of nitrogens with one attached hydrogen (secondary N) is 2. The zero-order valence-electron chi connectivity index (χ0n) is 28.1. The lowest BCUT2D eigenvalue weighted by Gasteiger charge is -2.08. The average Bonchev–Trinajstić information content (AvgIpc) is 3.73. The molecular weight excluding hydrogens is 628 g/mol. The lowest BCUT2D eigenvalue weighted by atomic mass is 9.95. The number of fused-ring (bicyclic) bond motifs is 1. The third kappa shape index (κ3) is 11.7. The zero-order valence-corrected chi connectivity index (χ0v) is 28.1. The van der Waals surface area contributed by atoms with Gasteiger partial charge in [0.1, 0.15) is 16.9 Å². The Kier molecular flexibility index (Phi) is 15.9. The standard InChI is InChI=1S/C19H21N5O.C19H4.HN5O.8H2/c1-9-17(11(3)24(6)22-9)15-7-14(18-10(2)23-25-12(18)4)8-16-19(15)21-13(5)20-16;1-3-5-7-9-11-13-15-17-19-18-16-14-12-10-8-6-4-2;1-2-3-4-5-6;;;;;;;;/h7-8H,1-6H3,(H,20,21);1H,2H3;1H;8*1H/b;;2-1?,4-3+;;;;;;;;. The minimum atomic E-state index is 0. The van der Waals surface area contributed by atoms with Crippen LogP contribution in [0.2, 0.25) is 0 Å². The molecule has 0 aliphatic rings. The number of hydrogen-bond acceptors (Lipinski definition) is 6. The van der Waals surface area contributed by atoms with E-state index in [0.717, 1.165) is 62.0 Å². The summed E-state index contributed by atoms with van der Waals surface area (Å²) in [6.45, 7) is 11.7. The van der Waals surface area contributed by atoms with Crippen LogP contribution in [0.3, 0.4) is 0 Å². The Hall–Kier alpha value is -8.05. The van der Waals surface area contributed by atoms with Gasteiger partial charge in [-0.05, 0) is 164 Å². The molecule has 256 valence electrons. The maximum atomic E-state index is 8.91. The summed E-state index contributed by atoms with van der Waals surface area (Å²) in [6.07, 6.45) is 4.89. The highest BCUT2D eigenvalue weighted by molar-refractivity contribution is 5.97. The van der Waals surface area contributed by atoms with E-state index in [1.165, 1.54) is 0 Å². The molecule has 0 saturated carbocycles. The highest BCUT2D eigenvalue weighted by Crippen LogP contribution is 2.37. The van der Waals surface area contributed by atoms with Gasteiger partial charge < -0.3 is 9.51 Å². The van der Waals surface area contributed by atoms with Crippen LogP contribution in [0.1, 0.15) is 47.0 Å². The molecule has 0 saturated heterocycles. The largest absolute Gasteiger partial charge is 0.361 e. The van der Waals surface area contributed by atoms with Crippen molar-refractivity contribution in [3.05, 3.63) is 45.7 Å². The van der Waals surface area contributed by atoms with E-state index >= 15 is 0 Å². The lowest BCUT2D eigenvalue weighted by molar-refractivity contribution is 0.393. The van der Waals surface area contributed by atoms with E-state index in [9.17, 15) is 0 Å². The van der Waals surface area contributed by atoms with E-state index in [4.69, 9.17) is 26.4 Å². The Balaban J connectivity index is -0.000000143. The molecule has 50 heavy (non-hydrogen) atoms. The highest BCUT2D eigenvalue weighted by Gasteiger charge is 2.20. The maximum absolute atomic E-state index is 8.91. The zero-order chi connectivity index (χ0) is 36.7. The number of benzene rings is 1. The highest BCUT2D eigenvalue weighted by atomic mass is 16.5. The number of hydrogen-bond donors (Lipinski definition) is 2. The number of imidazole rings is 1. The fraction of sp³-hybridized carbons (Fsp3) is 0.184. The predicted molar refractivity (Wildman–Crippen MR) is 207 cm³/mol. The van der Waals surface area contributed by atoms with E-state index in [-0.39, 0.29) is 11.4 Å². The van der Waals surface area contributed by atoms with Gasteiger partial charge in [-0.1, -0.05) is 11.1 Å². The minimum Gasteiger partial charge on any atom is -0.361 e. The van der Waals surface area contributed by atoms with Gasteiger partial charge in [-0.2, -0.15) is 10.6 Å². The number of aryl methyl sites for hydroxylation is 5. The van der Waals surface area contributed by atoms with E-state index in [1.807, 2.05) is 44.7 Å². The van der Waals surface area contributed by atoms with E-state index in [2.05, 4.69) is 151 Å². The van der Waals surface area contributed by atoms with Gasteiger partial charge in [-0.3, -0.25) is 4.68 Å². The van der Waals surface area contributed by atoms with Crippen molar-refractivity contribution in [3.8, 4) is 129 Å². The first-order chi connectivity index (χ1) is 24.2. The summed E-state index contributed by atoms with van der Waals surface area (Å²) >= 11 is 0. The second-order valence-electron chi connectivity index (χ2n) is 9.24. The molecule has 0 unspecified atom stereocenters. The second kappa shape index (κ2) is 20.9. The van der Waals surface area contributed by atoms with Gasteiger partial charge in [0.2, 0.25) is 0 Å². The summed E-state index contributed by atoms with van der Waals surface area (Å²) in [5, 5.41) is 17.9. The van der Waals surface area contributed by atoms with E-state index in [1.54, 1.807) is 6.92 Å². The monoisotopic (exact) mass is 670 g/mol. The predicted octanol–water partition coefficient (Wildman–Crippen LogP) is 7.86. The number of aromatic amines is 1. The summed E-state index contributed by atoms with van der Waals surface area (Å²) in [5.74, 6) is 43.6. The van der Waals surface area contributed by atoms with Crippen molar-refractivity contribution in [2.45, 2.75) is 41.5 Å². The lowest BCUT2D eigenvalue weighted by Crippen LogP contribution is -1.93. The van der Waals surface area contributed by atoms with Gasteiger partial charge in [-0.25, -0.2) is 4.98 Å². The average molecular weight is 671 g/mol. The molecule has 4 aromatic rings. The molecule has 0 amide bonds. The molecule has 3 heterocycles. The second-order valence-corrected chi connectivity index (χ2v) is 9.24. The molecule has 12 nitrogen and oxygen atoms in total. The van der Waals surface area contributed by atoms with Crippen molar-refractivity contribution in [1.29, 1.82) is 5.53 Å². The SMILES string of the molecule is C#CC#CC#CC#CC#CC#CC#CC#CC#CC.Cc1nc2c(-c3c(C)nn(C)c3C)cc(-c3c(C)noc3C)cc2[nH]1.N=N/N=N/N=O.[HH].[HH].[HH].[HH].[HH].[HH].[HH].[HH]. The van der Waals surface area contributed by atoms with E-state index < -0.39 is 0 Å². The number of nitroso groups, excluding NO2 is 1. The minimum absolute atomic E-state index is 0. The first-order valence-electron chi connectivity index (χ1n) is 14.1. The molecule has 1 aromatic carbocycles. The Bertz CT molecular complexity index is 2520. The topological polar surface area (TPSA) is 163 Å². The number of aromatic nitrogens is 5. The molecule has 0 radical (unpaired) electrons. The number of nitrogens with zero attached hydrogens (tertiary/aromatic N) is 8. The van der Waals surface area contributed by atoms with Crippen LogP contribution in [0.5, 0.6) is 0 Å².